The molecule has 54 heavy (non-hydrogen) atoms. The van der Waals surface area contributed by atoms with E-state index in [0.29, 0.717) is 49.2 Å². The Hall–Kier alpha value is -1.20. The second-order valence-corrected chi connectivity index (χ2v) is 19.0. The highest BCUT2D eigenvalue weighted by atomic mass is 35.5. The van der Waals surface area contributed by atoms with Crippen LogP contribution in [0.25, 0.3) is 0 Å². The molecular weight excluding hydrogens is 713 g/mol. The number of fused-ring (bicyclic) bond motifs is 5. The predicted octanol–water partition coefficient (Wildman–Crippen LogP) is 13.8. The summed E-state index contributed by atoms with van der Waals surface area (Å²) >= 11 is 11.7. The summed E-state index contributed by atoms with van der Waals surface area (Å²) in [5.41, 5.74) is 2.24. The third kappa shape index (κ3) is 12.9. The number of carbonyl (C=O) groups is 2. The summed E-state index contributed by atoms with van der Waals surface area (Å²) in [6.07, 6.45) is 35.8. The highest BCUT2D eigenvalue weighted by Gasteiger charge is 2.59. The number of rotatable bonds is 25. The van der Waals surface area contributed by atoms with Crippen molar-refractivity contribution in [2.75, 3.05) is 31.5 Å². The number of amides is 1. The van der Waals surface area contributed by atoms with Crippen LogP contribution >= 0.6 is 23.2 Å². The first-order valence-corrected chi connectivity index (χ1v) is 23.8. The Balaban J connectivity index is 1.13. The van der Waals surface area contributed by atoms with Crippen LogP contribution in [-0.4, -0.2) is 54.5 Å². The van der Waals surface area contributed by atoms with Crippen LogP contribution in [0.5, 0.6) is 0 Å². The van der Waals surface area contributed by atoms with Gasteiger partial charge in [0.15, 0.2) is 0 Å². The van der Waals surface area contributed by atoms with Crippen LogP contribution in [0.15, 0.2) is 23.8 Å². The van der Waals surface area contributed by atoms with Gasteiger partial charge in [-0.15, -0.1) is 23.2 Å². The molecule has 310 valence electrons. The Labute approximate surface area is 341 Å². The van der Waals surface area contributed by atoms with Crippen molar-refractivity contribution in [2.45, 2.75) is 188 Å². The van der Waals surface area contributed by atoms with Gasteiger partial charge in [-0.2, -0.15) is 0 Å². The van der Waals surface area contributed by atoms with Crippen LogP contribution < -0.4 is 0 Å². The van der Waals surface area contributed by atoms with E-state index in [-0.39, 0.29) is 23.6 Å². The number of hydrogen-bond acceptors (Lipinski definition) is 4. The van der Waals surface area contributed by atoms with Crippen molar-refractivity contribution in [1.82, 2.24) is 4.90 Å². The molecule has 0 heterocycles. The number of halogens is 2. The quantitative estimate of drug-likeness (QED) is 0.0400. The first-order valence-electron chi connectivity index (χ1n) is 22.8. The Morgan fingerprint density at radius 1 is 0.852 bits per heavy atom. The van der Waals surface area contributed by atoms with Crippen LogP contribution in [0.4, 0.5) is 4.79 Å². The maximum Gasteiger partial charge on any atom is 0.409 e. The zero-order valence-electron chi connectivity index (χ0n) is 35.0. The largest absolute Gasteiger partial charge is 0.462 e. The molecule has 8 atom stereocenters. The number of allylic oxidation sites excluding steroid dienone is 3. The van der Waals surface area contributed by atoms with Gasteiger partial charge in [0, 0.05) is 37.7 Å². The summed E-state index contributed by atoms with van der Waals surface area (Å²) in [5, 5.41) is 0. The fourth-order valence-electron chi connectivity index (χ4n) is 11.6. The van der Waals surface area contributed by atoms with E-state index >= 15 is 0 Å². The molecule has 0 aromatic rings. The summed E-state index contributed by atoms with van der Waals surface area (Å²) in [6.45, 7) is 11.3. The van der Waals surface area contributed by atoms with Crippen molar-refractivity contribution < 1.29 is 19.1 Å². The van der Waals surface area contributed by atoms with Crippen molar-refractivity contribution in [3.8, 4) is 0 Å². The van der Waals surface area contributed by atoms with Gasteiger partial charge in [0.05, 0.1) is 6.61 Å². The molecule has 3 saturated carbocycles. The van der Waals surface area contributed by atoms with Crippen molar-refractivity contribution in [3.05, 3.63) is 23.8 Å². The fraction of sp³-hybridized carbons (Fsp3) is 0.872. The van der Waals surface area contributed by atoms with Gasteiger partial charge in [-0.3, -0.25) is 4.79 Å². The molecule has 4 unspecified atom stereocenters. The van der Waals surface area contributed by atoms with Gasteiger partial charge in [-0.25, -0.2) is 4.79 Å². The number of hydrogen-bond donors (Lipinski definition) is 0. The minimum atomic E-state index is -0.297. The average Bonchev–Trinajstić information content (AvgIpc) is 3.52. The number of unbranched alkanes of at least 4 members (excludes halogenated alkanes) is 11. The molecule has 0 bridgehead atoms. The Kier molecular flexibility index (Phi) is 20.1. The van der Waals surface area contributed by atoms with E-state index in [0.717, 1.165) is 68.6 Å². The van der Waals surface area contributed by atoms with Gasteiger partial charge in [-0.1, -0.05) is 103 Å². The van der Waals surface area contributed by atoms with Crippen molar-refractivity contribution >= 4 is 35.3 Å². The molecule has 0 radical (unpaired) electrons. The summed E-state index contributed by atoms with van der Waals surface area (Å²) in [6, 6.07) is 0. The van der Waals surface area contributed by atoms with Crippen LogP contribution in [0.1, 0.15) is 182 Å². The molecule has 5 nitrogen and oxygen atoms in total. The maximum absolute atomic E-state index is 12.9. The van der Waals surface area contributed by atoms with E-state index in [4.69, 9.17) is 32.7 Å². The molecule has 3 fully saturated rings. The number of carbonyl (C=O) groups excluding carboxylic acids is 2. The van der Waals surface area contributed by atoms with Crippen molar-refractivity contribution in [1.29, 1.82) is 0 Å². The topological polar surface area (TPSA) is 55.8 Å². The van der Waals surface area contributed by atoms with Crippen LogP contribution in [0.2, 0.25) is 0 Å². The molecule has 0 spiro atoms. The zero-order chi connectivity index (χ0) is 38.8. The molecule has 4 aliphatic rings. The fourth-order valence-corrected chi connectivity index (χ4v) is 12.1. The highest BCUT2D eigenvalue weighted by molar-refractivity contribution is 6.18. The molecule has 7 heteroatoms. The lowest BCUT2D eigenvalue weighted by Gasteiger charge is -2.58. The molecule has 0 aromatic heterocycles. The summed E-state index contributed by atoms with van der Waals surface area (Å²) in [5.74, 6) is 4.46. The number of esters is 1. The minimum Gasteiger partial charge on any atom is -0.462 e. The van der Waals surface area contributed by atoms with Crippen molar-refractivity contribution in [3.63, 3.8) is 0 Å². The second-order valence-electron chi connectivity index (χ2n) is 18.3. The minimum absolute atomic E-state index is 0.0212. The first-order chi connectivity index (χ1) is 26.2. The second kappa shape index (κ2) is 23.9. The zero-order valence-corrected chi connectivity index (χ0v) is 36.6. The number of alkyl halides is 2. The first kappa shape index (κ1) is 45.5. The Bertz CT molecular complexity index is 1170. The molecule has 0 aliphatic heterocycles. The van der Waals surface area contributed by atoms with E-state index in [1.54, 1.807) is 10.5 Å². The maximum atomic E-state index is 12.9. The molecule has 4 aliphatic carbocycles. The smallest absolute Gasteiger partial charge is 0.409 e. The van der Waals surface area contributed by atoms with Crippen LogP contribution in [-0.2, 0) is 14.3 Å². The van der Waals surface area contributed by atoms with Crippen LogP contribution in [0.3, 0.4) is 0 Å². The lowest BCUT2D eigenvalue weighted by Crippen LogP contribution is -2.51. The van der Waals surface area contributed by atoms with Gasteiger partial charge in [0.25, 0.3) is 0 Å². The van der Waals surface area contributed by atoms with Gasteiger partial charge >= 0.3 is 12.1 Å². The van der Waals surface area contributed by atoms with Gasteiger partial charge in [0.1, 0.15) is 6.10 Å². The highest BCUT2D eigenvalue weighted by Crippen LogP contribution is 2.67. The molecule has 0 aromatic carbocycles. The SMILES string of the molecule is CCCCCCCC/C=C\CCCCCCCC(=O)O[C@H]1CC[C@@]2(C)C(=CCC3C2CC[C@@]2(C)C3CC[C@@H]2C(C)CCCOC(=O)N(CCCl)CCCl)C1. The van der Waals surface area contributed by atoms with Crippen LogP contribution in [0, 0.1) is 40.4 Å². The summed E-state index contributed by atoms with van der Waals surface area (Å²) < 4.78 is 11.7. The van der Waals surface area contributed by atoms with E-state index in [9.17, 15) is 9.59 Å². The van der Waals surface area contributed by atoms with Crippen molar-refractivity contribution in [2.24, 2.45) is 40.4 Å². The van der Waals surface area contributed by atoms with Gasteiger partial charge < -0.3 is 14.4 Å². The van der Waals surface area contributed by atoms with E-state index in [1.165, 1.54) is 103 Å². The number of nitrogens with zero attached hydrogens (tertiary/aromatic N) is 1. The van der Waals surface area contributed by atoms with E-state index in [2.05, 4.69) is 45.9 Å². The molecule has 1 amide bonds. The standard InChI is InChI=1S/C47H79Cl2NO4/c1-5-6-7-8-9-10-11-12-13-14-15-16-17-18-19-22-44(51)54-39-27-29-46(3)38(36-39)23-24-40-42-26-25-41(47(42,4)30-28-43(40)46)37(2)21-20-35-53-45(52)50(33-31-48)34-32-49/h12-13,23,37,39-43H,5-11,14-22,24-36H2,1-4H3/b13-12-/t37?,39-,40?,41+,42?,43?,46-,47+/m0/s1. The monoisotopic (exact) mass is 792 g/mol. The lowest BCUT2D eigenvalue weighted by atomic mass is 9.47. The van der Waals surface area contributed by atoms with E-state index < -0.39 is 0 Å². The summed E-state index contributed by atoms with van der Waals surface area (Å²) in [7, 11) is 0. The predicted molar refractivity (Wildman–Crippen MR) is 227 cm³/mol. The average molecular weight is 793 g/mol. The Morgan fingerprint density at radius 3 is 2.20 bits per heavy atom. The Morgan fingerprint density at radius 2 is 1.52 bits per heavy atom. The van der Waals surface area contributed by atoms with E-state index in [1.807, 2.05) is 0 Å². The third-order valence-corrected chi connectivity index (χ3v) is 15.1. The normalized spacial score (nSPS) is 29.6. The lowest BCUT2D eigenvalue weighted by molar-refractivity contribution is -0.151. The third-order valence-electron chi connectivity index (χ3n) is 14.8. The van der Waals surface area contributed by atoms with Gasteiger partial charge in [0.2, 0.25) is 0 Å². The molecule has 0 N–H and O–H groups in total. The molecule has 4 rings (SSSR count). The molecule has 0 saturated heterocycles. The number of ether oxygens (including phenoxy) is 2. The summed E-state index contributed by atoms with van der Waals surface area (Å²) in [4.78, 5) is 26.9. The molecular formula is C47H79Cl2NO4. The van der Waals surface area contributed by atoms with Gasteiger partial charge in [-0.05, 0) is 130 Å².